The zero-order chi connectivity index (χ0) is 9.97. The van der Waals surface area contributed by atoms with Gasteiger partial charge in [0.15, 0.2) is 5.82 Å². The van der Waals surface area contributed by atoms with E-state index in [1.807, 2.05) is 0 Å². The molecule has 2 rings (SSSR count). The Morgan fingerprint density at radius 1 is 1.57 bits per heavy atom. The lowest BCUT2D eigenvalue weighted by Gasteiger charge is -2.27. The minimum Gasteiger partial charge on any atom is -0.327 e. The van der Waals surface area contributed by atoms with E-state index in [4.69, 9.17) is 5.73 Å². The van der Waals surface area contributed by atoms with Crippen molar-refractivity contribution in [2.75, 3.05) is 0 Å². The monoisotopic (exact) mass is 195 g/mol. The van der Waals surface area contributed by atoms with Gasteiger partial charge in [0.25, 0.3) is 0 Å². The van der Waals surface area contributed by atoms with Gasteiger partial charge in [-0.2, -0.15) is 4.80 Å². The highest BCUT2D eigenvalue weighted by molar-refractivity contribution is 4.85. The van der Waals surface area contributed by atoms with Crippen molar-refractivity contribution in [3.63, 3.8) is 0 Å². The van der Waals surface area contributed by atoms with E-state index in [1.54, 1.807) is 7.05 Å². The van der Waals surface area contributed by atoms with Crippen LogP contribution >= 0.6 is 0 Å². The van der Waals surface area contributed by atoms with Crippen LogP contribution < -0.4 is 5.73 Å². The van der Waals surface area contributed by atoms with E-state index in [-0.39, 0.29) is 6.04 Å². The van der Waals surface area contributed by atoms with Crippen LogP contribution in [0.3, 0.4) is 0 Å². The first kappa shape index (κ1) is 9.58. The van der Waals surface area contributed by atoms with Crippen LogP contribution in [-0.4, -0.2) is 26.2 Å². The summed E-state index contributed by atoms with van der Waals surface area (Å²) in [7, 11) is 1.77. The Balaban J connectivity index is 1.78. The van der Waals surface area contributed by atoms with Crippen molar-refractivity contribution < 1.29 is 0 Å². The van der Waals surface area contributed by atoms with Crippen molar-refractivity contribution in [2.24, 2.45) is 18.7 Å². The van der Waals surface area contributed by atoms with Crippen molar-refractivity contribution in [2.45, 2.75) is 38.1 Å². The fraction of sp³-hybridized carbons (Fsp3) is 0.889. The zero-order valence-electron chi connectivity index (χ0n) is 8.56. The average Bonchev–Trinajstić information content (AvgIpc) is 2.44. The van der Waals surface area contributed by atoms with Crippen molar-refractivity contribution >= 4 is 0 Å². The smallest absolute Gasteiger partial charge is 0.176 e. The highest BCUT2D eigenvalue weighted by Crippen LogP contribution is 2.30. The molecule has 0 aromatic carbocycles. The minimum absolute atomic E-state index is 0.199. The molecule has 0 amide bonds. The molecule has 0 saturated heterocycles. The largest absolute Gasteiger partial charge is 0.327 e. The summed E-state index contributed by atoms with van der Waals surface area (Å²) in [6.07, 6.45) is 5.94. The first-order valence-corrected chi connectivity index (χ1v) is 5.22. The molecule has 0 bridgehead atoms. The summed E-state index contributed by atoms with van der Waals surface area (Å²) in [6.45, 7) is 0. The molecule has 1 aliphatic carbocycles. The van der Waals surface area contributed by atoms with Crippen LogP contribution in [0.1, 0.15) is 31.5 Å². The maximum atomic E-state index is 6.01. The molecule has 0 radical (unpaired) electrons. The predicted molar refractivity (Wildman–Crippen MR) is 52.4 cm³/mol. The predicted octanol–water partition coefficient (Wildman–Crippen LogP) is 0.270. The lowest BCUT2D eigenvalue weighted by atomic mass is 9.80. The quantitative estimate of drug-likeness (QED) is 0.748. The molecule has 1 aliphatic rings. The molecule has 1 aromatic heterocycles. The molecule has 78 valence electrons. The van der Waals surface area contributed by atoms with Crippen LogP contribution in [0, 0.1) is 5.92 Å². The molecule has 1 heterocycles. The molecular formula is C9H17N5. The summed E-state index contributed by atoms with van der Waals surface area (Å²) in [5.74, 6) is 1.61. The van der Waals surface area contributed by atoms with Crippen molar-refractivity contribution in [3.8, 4) is 0 Å². The number of aromatic nitrogens is 4. The van der Waals surface area contributed by atoms with E-state index in [1.165, 1.54) is 24.1 Å². The van der Waals surface area contributed by atoms with Gasteiger partial charge in [0.05, 0.1) is 7.05 Å². The number of aryl methyl sites for hydroxylation is 1. The fourth-order valence-corrected chi connectivity index (χ4v) is 1.88. The molecule has 0 spiro atoms. The third kappa shape index (κ3) is 2.29. The first-order valence-electron chi connectivity index (χ1n) is 5.22. The second kappa shape index (κ2) is 4.04. The zero-order valence-corrected chi connectivity index (χ0v) is 8.56. The van der Waals surface area contributed by atoms with Gasteiger partial charge < -0.3 is 5.73 Å². The summed E-state index contributed by atoms with van der Waals surface area (Å²) in [5.41, 5.74) is 6.01. The summed E-state index contributed by atoms with van der Waals surface area (Å²) in [4.78, 5) is 1.48. The number of nitrogens with zero attached hydrogens (tertiary/aromatic N) is 4. The molecule has 1 unspecified atom stereocenters. The Kier molecular flexibility index (Phi) is 2.77. The van der Waals surface area contributed by atoms with Crippen LogP contribution in [0.15, 0.2) is 0 Å². The minimum atomic E-state index is 0.199. The van der Waals surface area contributed by atoms with Gasteiger partial charge in [-0.05, 0) is 17.6 Å². The SMILES string of the molecule is Cn1nnc(CC(N)CC2CCC2)n1. The standard InChI is InChI=1S/C9H17N5/c1-14-12-9(11-13-14)6-8(10)5-7-3-2-4-7/h7-8H,2-6,10H2,1H3. The Morgan fingerprint density at radius 3 is 2.86 bits per heavy atom. The number of rotatable bonds is 4. The second-order valence-corrected chi connectivity index (χ2v) is 4.19. The summed E-state index contributed by atoms with van der Waals surface area (Å²) in [5, 5.41) is 11.8. The van der Waals surface area contributed by atoms with Gasteiger partial charge in [0.2, 0.25) is 0 Å². The summed E-state index contributed by atoms with van der Waals surface area (Å²) < 4.78 is 0. The molecule has 14 heavy (non-hydrogen) atoms. The second-order valence-electron chi connectivity index (χ2n) is 4.19. The van der Waals surface area contributed by atoms with E-state index in [9.17, 15) is 0 Å². The summed E-state index contributed by atoms with van der Waals surface area (Å²) in [6, 6.07) is 0.199. The molecule has 1 atom stereocenters. The van der Waals surface area contributed by atoms with Crippen LogP contribution in [0.2, 0.25) is 0 Å². The van der Waals surface area contributed by atoms with E-state index in [2.05, 4.69) is 15.4 Å². The highest BCUT2D eigenvalue weighted by Gasteiger charge is 2.21. The van der Waals surface area contributed by atoms with Gasteiger partial charge in [0, 0.05) is 12.5 Å². The van der Waals surface area contributed by atoms with Gasteiger partial charge in [-0.1, -0.05) is 19.3 Å². The Morgan fingerprint density at radius 2 is 2.36 bits per heavy atom. The third-order valence-corrected chi connectivity index (χ3v) is 2.86. The maximum absolute atomic E-state index is 6.01. The molecule has 5 nitrogen and oxygen atoms in total. The maximum Gasteiger partial charge on any atom is 0.176 e. The van der Waals surface area contributed by atoms with Gasteiger partial charge in [0.1, 0.15) is 0 Å². The number of hydrogen-bond acceptors (Lipinski definition) is 4. The fourth-order valence-electron chi connectivity index (χ4n) is 1.88. The molecular weight excluding hydrogens is 178 g/mol. The lowest BCUT2D eigenvalue weighted by molar-refractivity contribution is 0.274. The van der Waals surface area contributed by atoms with E-state index in [0.29, 0.717) is 0 Å². The lowest BCUT2D eigenvalue weighted by Crippen LogP contribution is -2.29. The topological polar surface area (TPSA) is 69.6 Å². The molecule has 1 saturated carbocycles. The highest BCUT2D eigenvalue weighted by atomic mass is 15.6. The first-order chi connectivity index (χ1) is 6.74. The van der Waals surface area contributed by atoms with Gasteiger partial charge in [-0.25, -0.2) is 0 Å². The van der Waals surface area contributed by atoms with Gasteiger partial charge in [-0.3, -0.25) is 0 Å². The van der Waals surface area contributed by atoms with Crippen molar-refractivity contribution in [3.05, 3.63) is 5.82 Å². The number of nitrogens with two attached hydrogens (primary N) is 1. The Labute approximate surface area is 83.7 Å². The van der Waals surface area contributed by atoms with Crippen LogP contribution in [-0.2, 0) is 13.5 Å². The van der Waals surface area contributed by atoms with E-state index >= 15 is 0 Å². The van der Waals surface area contributed by atoms with Crippen LogP contribution in [0.5, 0.6) is 0 Å². The molecule has 1 aromatic rings. The molecule has 1 fully saturated rings. The average molecular weight is 195 g/mol. The number of tetrazole rings is 1. The van der Waals surface area contributed by atoms with Crippen molar-refractivity contribution in [1.29, 1.82) is 0 Å². The molecule has 0 aliphatic heterocycles. The normalized spacial score (nSPS) is 19.3. The number of hydrogen-bond donors (Lipinski definition) is 1. The molecule has 5 heteroatoms. The van der Waals surface area contributed by atoms with E-state index < -0.39 is 0 Å². The summed E-state index contributed by atoms with van der Waals surface area (Å²) >= 11 is 0. The van der Waals surface area contributed by atoms with Crippen LogP contribution in [0.25, 0.3) is 0 Å². The Hall–Kier alpha value is -0.970. The van der Waals surface area contributed by atoms with Gasteiger partial charge in [-0.15, -0.1) is 10.2 Å². The van der Waals surface area contributed by atoms with Crippen molar-refractivity contribution in [1.82, 2.24) is 20.2 Å². The van der Waals surface area contributed by atoms with E-state index in [0.717, 1.165) is 24.6 Å². The van der Waals surface area contributed by atoms with Gasteiger partial charge >= 0.3 is 0 Å². The Bertz CT molecular complexity index is 291. The third-order valence-electron chi connectivity index (χ3n) is 2.86. The molecule has 2 N–H and O–H groups in total. The van der Waals surface area contributed by atoms with Crippen LogP contribution in [0.4, 0.5) is 0 Å².